The van der Waals surface area contributed by atoms with E-state index in [1.807, 2.05) is 19.2 Å². The van der Waals surface area contributed by atoms with Crippen LogP contribution in [0.2, 0.25) is 0 Å². The molecule has 0 bridgehead atoms. The van der Waals surface area contributed by atoms with Crippen molar-refractivity contribution >= 4 is 10.0 Å². The second kappa shape index (κ2) is 5.81. The summed E-state index contributed by atoms with van der Waals surface area (Å²) in [6.07, 6.45) is 1.32. The number of nitrogens with zero attached hydrogens (tertiary/aromatic N) is 1. The van der Waals surface area contributed by atoms with Gasteiger partial charge in [-0.05, 0) is 44.5 Å². The summed E-state index contributed by atoms with van der Waals surface area (Å²) in [5, 5.41) is 13.1. The van der Waals surface area contributed by atoms with Gasteiger partial charge in [-0.3, -0.25) is 0 Å². The van der Waals surface area contributed by atoms with E-state index in [0.717, 1.165) is 5.56 Å². The number of hydrogen-bond acceptors (Lipinski definition) is 4. The zero-order chi connectivity index (χ0) is 14.8. The van der Waals surface area contributed by atoms with Crippen LogP contribution in [-0.2, 0) is 16.6 Å². The van der Waals surface area contributed by atoms with Crippen LogP contribution in [-0.4, -0.2) is 43.6 Å². The molecular weight excluding hydrogens is 276 g/mol. The monoisotopic (exact) mass is 298 g/mol. The molecule has 1 heterocycles. The maximum atomic E-state index is 12.5. The van der Waals surface area contributed by atoms with Crippen LogP contribution in [0.15, 0.2) is 29.2 Å². The van der Waals surface area contributed by atoms with Crippen LogP contribution >= 0.6 is 0 Å². The Balaban J connectivity index is 2.21. The van der Waals surface area contributed by atoms with Gasteiger partial charge in [-0.1, -0.05) is 12.1 Å². The van der Waals surface area contributed by atoms with Gasteiger partial charge >= 0.3 is 0 Å². The summed E-state index contributed by atoms with van der Waals surface area (Å²) in [4.78, 5) is 0.287. The van der Waals surface area contributed by atoms with Gasteiger partial charge in [-0.15, -0.1) is 0 Å². The minimum atomic E-state index is -3.51. The molecule has 0 saturated carbocycles. The standard InChI is InChI=1S/C14H22N2O3S/c1-14(17)8-3-9-16(11-14)20(18,19)13-6-4-12(5-7-13)10-15-2/h4-7,15,17H,3,8-11H2,1-2H3. The van der Waals surface area contributed by atoms with Gasteiger partial charge in [-0.25, -0.2) is 8.42 Å². The third kappa shape index (κ3) is 3.38. The van der Waals surface area contributed by atoms with Crippen molar-refractivity contribution < 1.29 is 13.5 Å². The van der Waals surface area contributed by atoms with Gasteiger partial charge < -0.3 is 10.4 Å². The highest BCUT2D eigenvalue weighted by atomic mass is 32.2. The highest BCUT2D eigenvalue weighted by Gasteiger charge is 2.35. The van der Waals surface area contributed by atoms with Gasteiger partial charge in [0.25, 0.3) is 0 Å². The first-order valence-corrected chi connectivity index (χ1v) is 8.25. The molecule has 1 aliphatic rings. The van der Waals surface area contributed by atoms with Crippen LogP contribution in [0, 0.1) is 0 Å². The Hall–Kier alpha value is -0.950. The molecule has 5 nitrogen and oxygen atoms in total. The first-order chi connectivity index (χ1) is 9.35. The van der Waals surface area contributed by atoms with Gasteiger partial charge in [0.2, 0.25) is 10.0 Å². The van der Waals surface area contributed by atoms with Gasteiger partial charge in [0.15, 0.2) is 0 Å². The fourth-order valence-electron chi connectivity index (χ4n) is 2.51. The summed E-state index contributed by atoms with van der Waals surface area (Å²) < 4.78 is 26.5. The Kier molecular flexibility index (Phi) is 4.49. The fraction of sp³-hybridized carbons (Fsp3) is 0.571. The molecule has 2 N–H and O–H groups in total. The lowest BCUT2D eigenvalue weighted by atomic mass is 9.97. The summed E-state index contributed by atoms with van der Waals surface area (Å²) in [6, 6.07) is 6.88. The number of sulfonamides is 1. The fourth-order valence-corrected chi connectivity index (χ4v) is 4.11. The quantitative estimate of drug-likeness (QED) is 0.868. The molecule has 1 fully saturated rings. The van der Waals surface area contributed by atoms with Crippen molar-refractivity contribution in [3.8, 4) is 0 Å². The number of benzene rings is 1. The normalized spacial score (nSPS) is 24.8. The summed E-state index contributed by atoms with van der Waals surface area (Å²) in [5.74, 6) is 0. The molecule has 1 aliphatic heterocycles. The van der Waals surface area contributed by atoms with Crippen LogP contribution in [0.3, 0.4) is 0 Å². The number of nitrogens with one attached hydrogen (secondary N) is 1. The average Bonchev–Trinajstić information content (AvgIpc) is 2.38. The van der Waals surface area contributed by atoms with Crippen LogP contribution in [0.25, 0.3) is 0 Å². The predicted molar refractivity (Wildman–Crippen MR) is 77.8 cm³/mol. The molecule has 1 aromatic carbocycles. The summed E-state index contributed by atoms with van der Waals surface area (Å²) in [5.41, 5.74) is 0.106. The molecule has 2 rings (SSSR count). The van der Waals surface area contributed by atoms with Gasteiger partial charge in [0.05, 0.1) is 10.5 Å². The number of piperidine rings is 1. The number of β-amino-alcohol motifs (C(OH)–C–C–N with tert-alkyl or cyclic N) is 1. The van der Waals surface area contributed by atoms with Crippen LogP contribution in [0.5, 0.6) is 0 Å². The number of rotatable bonds is 4. The molecule has 0 radical (unpaired) electrons. The first kappa shape index (κ1) is 15.4. The van der Waals surface area contributed by atoms with E-state index >= 15 is 0 Å². The second-order valence-corrected chi connectivity index (χ2v) is 7.55. The molecule has 20 heavy (non-hydrogen) atoms. The summed E-state index contributed by atoms with van der Waals surface area (Å²) in [7, 11) is -1.66. The molecule has 0 spiro atoms. The lowest BCUT2D eigenvalue weighted by Gasteiger charge is -2.35. The third-order valence-electron chi connectivity index (χ3n) is 3.58. The van der Waals surface area contributed by atoms with Crippen molar-refractivity contribution in [3.05, 3.63) is 29.8 Å². The van der Waals surface area contributed by atoms with Crippen molar-refractivity contribution in [2.75, 3.05) is 20.1 Å². The Labute approximate surface area is 120 Å². The lowest BCUT2D eigenvalue weighted by molar-refractivity contribution is 0.00940. The molecule has 1 aromatic rings. The minimum absolute atomic E-state index is 0.160. The van der Waals surface area contributed by atoms with Crippen LogP contribution in [0.4, 0.5) is 0 Å². The van der Waals surface area contributed by atoms with E-state index < -0.39 is 15.6 Å². The van der Waals surface area contributed by atoms with E-state index in [0.29, 0.717) is 25.9 Å². The van der Waals surface area contributed by atoms with Crippen LogP contribution < -0.4 is 5.32 Å². The predicted octanol–water partition coefficient (Wildman–Crippen LogP) is 0.941. The summed E-state index contributed by atoms with van der Waals surface area (Å²) in [6.45, 7) is 3.02. The molecule has 0 amide bonds. The summed E-state index contributed by atoms with van der Waals surface area (Å²) >= 11 is 0. The van der Waals surface area contributed by atoms with E-state index in [1.165, 1.54) is 4.31 Å². The number of hydrogen-bond donors (Lipinski definition) is 2. The zero-order valence-electron chi connectivity index (χ0n) is 12.0. The maximum absolute atomic E-state index is 12.5. The largest absolute Gasteiger partial charge is 0.389 e. The van der Waals surface area contributed by atoms with Gasteiger partial charge in [0, 0.05) is 19.6 Å². The van der Waals surface area contributed by atoms with E-state index in [1.54, 1.807) is 19.1 Å². The first-order valence-electron chi connectivity index (χ1n) is 6.81. The SMILES string of the molecule is CNCc1ccc(S(=O)(=O)N2CCCC(C)(O)C2)cc1. The van der Waals surface area contributed by atoms with E-state index in [4.69, 9.17) is 0 Å². The molecule has 0 aliphatic carbocycles. The molecular formula is C14H22N2O3S. The number of aliphatic hydroxyl groups is 1. The van der Waals surface area contributed by atoms with Crippen LogP contribution in [0.1, 0.15) is 25.3 Å². The molecule has 0 aromatic heterocycles. The smallest absolute Gasteiger partial charge is 0.243 e. The Morgan fingerprint density at radius 2 is 2.00 bits per heavy atom. The highest BCUT2D eigenvalue weighted by Crippen LogP contribution is 2.26. The Morgan fingerprint density at radius 1 is 1.35 bits per heavy atom. The third-order valence-corrected chi connectivity index (χ3v) is 5.44. The molecule has 1 saturated heterocycles. The van der Waals surface area contributed by atoms with Gasteiger partial charge in [-0.2, -0.15) is 4.31 Å². The molecule has 112 valence electrons. The topological polar surface area (TPSA) is 69.6 Å². The van der Waals surface area contributed by atoms with Crippen molar-refractivity contribution in [1.82, 2.24) is 9.62 Å². The minimum Gasteiger partial charge on any atom is -0.389 e. The van der Waals surface area contributed by atoms with Gasteiger partial charge in [0.1, 0.15) is 0 Å². The molecule has 1 atom stereocenters. The highest BCUT2D eigenvalue weighted by molar-refractivity contribution is 7.89. The zero-order valence-corrected chi connectivity index (χ0v) is 12.8. The van der Waals surface area contributed by atoms with Crippen molar-refractivity contribution in [2.45, 2.75) is 36.8 Å². The maximum Gasteiger partial charge on any atom is 0.243 e. The molecule has 1 unspecified atom stereocenters. The van der Waals surface area contributed by atoms with Crippen molar-refractivity contribution in [1.29, 1.82) is 0 Å². The Bertz CT molecular complexity index is 552. The molecule has 6 heteroatoms. The lowest BCUT2D eigenvalue weighted by Crippen LogP contribution is -2.48. The van der Waals surface area contributed by atoms with E-state index in [-0.39, 0.29) is 11.4 Å². The Morgan fingerprint density at radius 3 is 2.55 bits per heavy atom. The van der Waals surface area contributed by atoms with Crippen molar-refractivity contribution in [3.63, 3.8) is 0 Å². The second-order valence-electron chi connectivity index (χ2n) is 5.61. The van der Waals surface area contributed by atoms with Crippen molar-refractivity contribution in [2.24, 2.45) is 0 Å². The average molecular weight is 298 g/mol. The van der Waals surface area contributed by atoms with E-state index in [9.17, 15) is 13.5 Å². The van der Waals surface area contributed by atoms with E-state index in [2.05, 4.69) is 5.32 Å².